The second-order valence-corrected chi connectivity index (χ2v) is 3.31. The van der Waals surface area contributed by atoms with Gasteiger partial charge in [-0.1, -0.05) is 23.7 Å². The summed E-state index contributed by atoms with van der Waals surface area (Å²) in [5.74, 6) is 0.762. The monoisotopic (exact) mass is 219 g/mol. The first kappa shape index (κ1) is 10.6. The molecule has 0 aliphatic carbocycles. The number of rotatable bonds is 0. The Bertz CT molecular complexity index is 304. The zero-order valence-corrected chi connectivity index (χ0v) is 8.57. The minimum atomic E-state index is 0. The number of fused-ring (bicyclic) bond motifs is 1. The quantitative estimate of drug-likeness (QED) is 0.729. The van der Waals surface area contributed by atoms with Gasteiger partial charge in [0.25, 0.3) is 0 Å². The Balaban J connectivity index is 0.000000845. The topological polar surface area (TPSA) is 35.2 Å². The summed E-state index contributed by atoms with van der Waals surface area (Å²) in [4.78, 5) is 0. The van der Waals surface area contributed by atoms with Crippen molar-refractivity contribution in [3.63, 3.8) is 0 Å². The lowest BCUT2D eigenvalue weighted by Gasteiger charge is -2.23. The summed E-state index contributed by atoms with van der Waals surface area (Å²) in [6, 6.07) is 5.76. The van der Waals surface area contributed by atoms with Gasteiger partial charge in [-0.3, -0.25) is 0 Å². The van der Waals surface area contributed by atoms with Crippen LogP contribution in [-0.4, -0.2) is 6.61 Å². The fraction of sp³-hybridized carbons (Fsp3) is 0.333. The van der Waals surface area contributed by atoms with Gasteiger partial charge >= 0.3 is 0 Å². The van der Waals surface area contributed by atoms with Crippen molar-refractivity contribution >= 4 is 24.0 Å². The Kier molecular flexibility index (Phi) is 3.42. The maximum Gasteiger partial charge on any atom is 0.142 e. The summed E-state index contributed by atoms with van der Waals surface area (Å²) in [5.41, 5.74) is 6.90. The second-order valence-electron chi connectivity index (χ2n) is 2.90. The molecule has 0 unspecified atom stereocenters. The Labute approximate surface area is 88.4 Å². The van der Waals surface area contributed by atoms with Gasteiger partial charge in [0.2, 0.25) is 0 Å². The van der Waals surface area contributed by atoms with E-state index in [0.29, 0.717) is 11.6 Å². The molecule has 0 aromatic heterocycles. The lowest BCUT2D eigenvalue weighted by molar-refractivity contribution is 0.269. The third-order valence-electron chi connectivity index (χ3n) is 2.07. The van der Waals surface area contributed by atoms with Crippen molar-refractivity contribution in [2.24, 2.45) is 5.73 Å². The van der Waals surface area contributed by atoms with Crippen molar-refractivity contribution in [3.05, 3.63) is 28.8 Å². The molecule has 1 aromatic carbocycles. The molecule has 13 heavy (non-hydrogen) atoms. The lowest BCUT2D eigenvalue weighted by atomic mass is 10.0. The van der Waals surface area contributed by atoms with Crippen LogP contribution in [0.5, 0.6) is 5.75 Å². The Morgan fingerprint density at radius 1 is 1.46 bits per heavy atom. The summed E-state index contributed by atoms with van der Waals surface area (Å²) in [6.45, 7) is 0.665. The third-order valence-corrected chi connectivity index (χ3v) is 2.37. The molecule has 1 aromatic rings. The van der Waals surface area contributed by atoms with E-state index in [0.717, 1.165) is 17.7 Å². The minimum Gasteiger partial charge on any atom is -0.492 e. The first-order chi connectivity index (χ1) is 5.79. The molecule has 0 spiro atoms. The predicted octanol–water partition coefficient (Wildman–Crippen LogP) is 2.54. The van der Waals surface area contributed by atoms with Crippen LogP contribution in [0.4, 0.5) is 0 Å². The lowest BCUT2D eigenvalue weighted by Crippen LogP contribution is -2.20. The molecule has 0 saturated heterocycles. The molecular weight excluding hydrogens is 209 g/mol. The fourth-order valence-corrected chi connectivity index (χ4v) is 1.65. The summed E-state index contributed by atoms with van der Waals surface area (Å²) in [6.07, 6.45) is 0.868. The van der Waals surface area contributed by atoms with Crippen molar-refractivity contribution in [3.8, 4) is 5.75 Å². The van der Waals surface area contributed by atoms with E-state index in [1.54, 1.807) is 0 Å². The predicted molar refractivity (Wildman–Crippen MR) is 55.7 cm³/mol. The molecule has 2 N–H and O–H groups in total. The molecule has 0 amide bonds. The largest absolute Gasteiger partial charge is 0.492 e. The van der Waals surface area contributed by atoms with E-state index in [4.69, 9.17) is 22.1 Å². The molecule has 1 aliphatic heterocycles. The van der Waals surface area contributed by atoms with Gasteiger partial charge in [-0.15, -0.1) is 12.4 Å². The first-order valence-electron chi connectivity index (χ1n) is 3.96. The average molecular weight is 220 g/mol. The SMILES string of the molecule is Cl.N[C@@H]1CCOc2c(Cl)cccc21. The van der Waals surface area contributed by atoms with Crippen molar-refractivity contribution in [2.45, 2.75) is 12.5 Å². The van der Waals surface area contributed by atoms with Gasteiger partial charge in [0.15, 0.2) is 0 Å². The Morgan fingerprint density at radius 3 is 2.92 bits per heavy atom. The molecule has 0 bridgehead atoms. The smallest absolute Gasteiger partial charge is 0.142 e. The van der Waals surface area contributed by atoms with E-state index < -0.39 is 0 Å². The van der Waals surface area contributed by atoms with Gasteiger partial charge in [0.1, 0.15) is 5.75 Å². The Hall–Kier alpha value is -0.440. The van der Waals surface area contributed by atoms with Gasteiger partial charge in [-0.2, -0.15) is 0 Å². The van der Waals surface area contributed by atoms with Crippen molar-refractivity contribution in [1.29, 1.82) is 0 Å². The molecule has 1 heterocycles. The van der Waals surface area contributed by atoms with Crippen molar-refractivity contribution in [2.75, 3.05) is 6.61 Å². The maximum absolute atomic E-state index is 5.93. The summed E-state index contributed by atoms with van der Waals surface area (Å²) < 4.78 is 5.41. The number of hydrogen-bond donors (Lipinski definition) is 1. The van der Waals surface area contributed by atoms with E-state index >= 15 is 0 Å². The number of para-hydroxylation sites is 1. The van der Waals surface area contributed by atoms with Gasteiger partial charge in [-0.05, 0) is 6.07 Å². The van der Waals surface area contributed by atoms with E-state index in [9.17, 15) is 0 Å². The summed E-state index contributed by atoms with van der Waals surface area (Å²) in [5, 5.41) is 0.655. The van der Waals surface area contributed by atoms with Gasteiger partial charge in [0, 0.05) is 18.0 Å². The molecule has 1 atom stereocenters. The molecular formula is C9H11Cl2NO. The van der Waals surface area contributed by atoms with E-state index in [-0.39, 0.29) is 18.4 Å². The molecule has 2 rings (SSSR count). The second kappa shape index (κ2) is 4.18. The highest BCUT2D eigenvalue weighted by atomic mass is 35.5. The highest BCUT2D eigenvalue weighted by molar-refractivity contribution is 6.32. The fourth-order valence-electron chi connectivity index (χ4n) is 1.41. The molecule has 4 heteroatoms. The molecule has 0 saturated carbocycles. The normalized spacial score (nSPS) is 19.7. The molecule has 0 radical (unpaired) electrons. The maximum atomic E-state index is 5.93. The number of ether oxygens (including phenoxy) is 1. The first-order valence-corrected chi connectivity index (χ1v) is 4.33. The van der Waals surface area contributed by atoms with Crippen molar-refractivity contribution in [1.82, 2.24) is 0 Å². The van der Waals surface area contributed by atoms with Gasteiger partial charge in [0.05, 0.1) is 11.6 Å². The van der Waals surface area contributed by atoms with E-state index in [1.807, 2.05) is 18.2 Å². The van der Waals surface area contributed by atoms with Crippen LogP contribution in [0.3, 0.4) is 0 Å². The number of hydrogen-bond acceptors (Lipinski definition) is 2. The number of nitrogens with two attached hydrogens (primary N) is 1. The highest BCUT2D eigenvalue weighted by Crippen LogP contribution is 2.36. The summed E-state index contributed by atoms with van der Waals surface area (Å²) in [7, 11) is 0. The van der Waals surface area contributed by atoms with Crippen LogP contribution in [0.2, 0.25) is 5.02 Å². The zero-order valence-electron chi connectivity index (χ0n) is 7.00. The highest BCUT2D eigenvalue weighted by Gasteiger charge is 2.19. The molecule has 0 fully saturated rings. The standard InChI is InChI=1S/C9H10ClNO.ClH/c10-7-3-1-2-6-8(11)4-5-12-9(6)7;/h1-3,8H,4-5,11H2;1H/t8-;/m1./s1. The third kappa shape index (κ3) is 1.90. The zero-order chi connectivity index (χ0) is 8.55. The van der Waals surface area contributed by atoms with E-state index in [2.05, 4.69) is 0 Å². The van der Waals surface area contributed by atoms with Crippen LogP contribution in [-0.2, 0) is 0 Å². The van der Waals surface area contributed by atoms with Gasteiger partial charge in [-0.25, -0.2) is 0 Å². The number of benzene rings is 1. The van der Waals surface area contributed by atoms with Crippen LogP contribution in [0.15, 0.2) is 18.2 Å². The van der Waals surface area contributed by atoms with Crippen LogP contribution in [0, 0.1) is 0 Å². The molecule has 72 valence electrons. The van der Waals surface area contributed by atoms with Crippen LogP contribution in [0.25, 0.3) is 0 Å². The van der Waals surface area contributed by atoms with Crippen LogP contribution in [0.1, 0.15) is 18.0 Å². The average Bonchev–Trinajstić information content (AvgIpc) is 2.07. The molecule has 1 aliphatic rings. The van der Waals surface area contributed by atoms with E-state index in [1.165, 1.54) is 0 Å². The van der Waals surface area contributed by atoms with Crippen LogP contribution >= 0.6 is 24.0 Å². The van der Waals surface area contributed by atoms with Crippen LogP contribution < -0.4 is 10.5 Å². The molecule has 2 nitrogen and oxygen atoms in total. The minimum absolute atomic E-state index is 0. The Morgan fingerprint density at radius 2 is 2.23 bits per heavy atom. The number of halogens is 2. The summed E-state index contributed by atoms with van der Waals surface area (Å²) >= 11 is 5.93. The van der Waals surface area contributed by atoms with Crippen molar-refractivity contribution < 1.29 is 4.74 Å². The van der Waals surface area contributed by atoms with Gasteiger partial charge < -0.3 is 10.5 Å².